The van der Waals surface area contributed by atoms with E-state index in [9.17, 15) is 4.79 Å². The summed E-state index contributed by atoms with van der Waals surface area (Å²) in [5.74, 6) is 0.276. The van der Waals surface area contributed by atoms with Crippen LogP contribution in [0.15, 0.2) is 36.4 Å². The van der Waals surface area contributed by atoms with E-state index in [0.29, 0.717) is 0 Å². The summed E-state index contributed by atoms with van der Waals surface area (Å²) in [4.78, 5) is 11.8. The number of amides is 1. The third-order valence-corrected chi connectivity index (χ3v) is 3.30. The van der Waals surface area contributed by atoms with E-state index in [1.54, 1.807) is 0 Å². The van der Waals surface area contributed by atoms with Crippen molar-refractivity contribution in [3.8, 4) is 0 Å². The van der Waals surface area contributed by atoms with Crippen LogP contribution < -0.4 is 10.6 Å². The maximum atomic E-state index is 11.8. The lowest BCUT2D eigenvalue weighted by molar-refractivity contribution is 0.0502. The number of ether oxygens (including phenoxy) is 1. The second kappa shape index (κ2) is 6.76. The maximum absolute atomic E-state index is 11.8. The van der Waals surface area contributed by atoms with Crippen LogP contribution in [0.3, 0.4) is 0 Å². The molecule has 0 bridgehead atoms. The summed E-state index contributed by atoms with van der Waals surface area (Å²) in [5.41, 5.74) is 0.700. The van der Waals surface area contributed by atoms with Crippen molar-refractivity contribution in [2.45, 2.75) is 32.4 Å². The summed E-state index contributed by atoms with van der Waals surface area (Å²) >= 11 is 0. The van der Waals surface area contributed by atoms with Crippen molar-refractivity contribution in [1.82, 2.24) is 10.6 Å². The Morgan fingerprint density at radius 3 is 2.67 bits per heavy atom. The molecule has 0 aliphatic carbocycles. The number of alkyl carbamates (subject to hydrolysis) is 1. The van der Waals surface area contributed by atoms with Crippen molar-refractivity contribution < 1.29 is 9.53 Å². The first-order valence-corrected chi connectivity index (χ1v) is 7.37. The lowest BCUT2D eigenvalue weighted by Gasteiger charge is -2.23. The molecule has 21 heavy (non-hydrogen) atoms. The Morgan fingerprint density at radius 1 is 1.29 bits per heavy atom. The zero-order chi connectivity index (χ0) is 15.3. The highest BCUT2D eigenvalue weighted by atomic mass is 16.6. The normalized spacial score (nSPS) is 22.4. The molecule has 1 heterocycles. The minimum absolute atomic E-state index is 0.0693. The predicted molar refractivity (Wildman–Crippen MR) is 85.0 cm³/mol. The lowest BCUT2D eigenvalue weighted by atomic mass is 10.0. The van der Waals surface area contributed by atoms with Crippen LogP contribution in [0, 0.1) is 5.92 Å². The van der Waals surface area contributed by atoms with Crippen molar-refractivity contribution in [1.29, 1.82) is 0 Å². The predicted octanol–water partition coefficient (Wildman–Crippen LogP) is 2.81. The van der Waals surface area contributed by atoms with Gasteiger partial charge in [-0.05, 0) is 26.3 Å². The number of hydrogen-bond donors (Lipinski definition) is 2. The summed E-state index contributed by atoms with van der Waals surface area (Å²) < 4.78 is 5.31. The highest BCUT2D eigenvalue weighted by Gasteiger charge is 2.28. The van der Waals surface area contributed by atoms with Gasteiger partial charge in [-0.25, -0.2) is 4.79 Å². The van der Waals surface area contributed by atoms with Crippen LogP contribution in [0.2, 0.25) is 0 Å². The highest BCUT2D eigenvalue weighted by Crippen LogP contribution is 2.14. The van der Waals surface area contributed by atoms with Crippen LogP contribution in [-0.2, 0) is 4.74 Å². The van der Waals surface area contributed by atoms with E-state index in [1.165, 1.54) is 5.56 Å². The fourth-order valence-corrected chi connectivity index (χ4v) is 2.32. The maximum Gasteiger partial charge on any atom is 0.407 e. The van der Waals surface area contributed by atoms with Crippen LogP contribution in [0.4, 0.5) is 4.79 Å². The molecule has 2 atom stereocenters. The Bertz CT molecular complexity index is 491. The van der Waals surface area contributed by atoms with Gasteiger partial charge < -0.3 is 15.4 Å². The van der Waals surface area contributed by atoms with E-state index < -0.39 is 5.60 Å². The zero-order valence-corrected chi connectivity index (χ0v) is 12.9. The van der Waals surface area contributed by atoms with Crippen molar-refractivity contribution >= 4 is 12.2 Å². The van der Waals surface area contributed by atoms with Gasteiger partial charge in [0, 0.05) is 19.0 Å². The van der Waals surface area contributed by atoms with Gasteiger partial charge in [0.1, 0.15) is 5.60 Å². The van der Waals surface area contributed by atoms with Crippen molar-refractivity contribution in [3.63, 3.8) is 0 Å². The molecule has 1 aliphatic rings. The molecule has 1 amide bonds. The van der Waals surface area contributed by atoms with Crippen LogP contribution in [-0.4, -0.2) is 30.8 Å². The molecule has 0 unspecified atom stereocenters. The Morgan fingerprint density at radius 2 is 2.00 bits per heavy atom. The smallest absolute Gasteiger partial charge is 0.407 e. The van der Waals surface area contributed by atoms with Gasteiger partial charge in [-0.1, -0.05) is 42.5 Å². The van der Waals surface area contributed by atoms with Crippen LogP contribution in [0.1, 0.15) is 26.3 Å². The molecular formula is C17H24N2O2. The lowest BCUT2D eigenvalue weighted by Crippen LogP contribution is -2.42. The van der Waals surface area contributed by atoms with Crippen molar-refractivity contribution in [3.05, 3.63) is 42.0 Å². The SMILES string of the molecule is CC(C)(C)OC(=O)N[C@H]1CNC[C@@H]1C=Cc1ccccc1. The molecule has 0 aromatic heterocycles. The Kier molecular flexibility index (Phi) is 5.02. The van der Waals surface area contributed by atoms with Gasteiger partial charge in [0.15, 0.2) is 0 Å². The Hall–Kier alpha value is -1.81. The number of hydrogen-bond acceptors (Lipinski definition) is 3. The Labute approximate surface area is 126 Å². The quantitative estimate of drug-likeness (QED) is 0.899. The molecule has 1 aromatic rings. The first-order chi connectivity index (χ1) is 9.94. The molecule has 114 valence electrons. The first-order valence-electron chi connectivity index (χ1n) is 7.37. The molecule has 2 rings (SSSR count). The molecule has 0 radical (unpaired) electrons. The van der Waals surface area contributed by atoms with Crippen LogP contribution >= 0.6 is 0 Å². The van der Waals surface area contributed by atoms with E-state index in [2.05, 4.69) is 34.9 Å². The highest BCUT2D eigenvalue weighted by molar-refractivity contribution is 5.68. The van der Waals surface area contributed by atoms with Crippen LogP contribution in [0.5, 0.6) is 0 Å². The molecule has 1 aromatic carbocycles. The molecule has 1 aliphatic heterocycles. The molecule has 0 spiro atoms. The molecule has 1 saturated heterocycles. The van der Waals surface area contributed by atoms with Gasteiger partial charge in [0.2, 0.25) is 0 Å². The zero-order valence-electron chi connectivity index (χ0n) is 12.9. The van der Waals surface area contributed by atoms with Gasteiger partial charge in [0.05, 0.1) is 6.04 Å². The standard InChI is InChI=1S/C17H24N2O2/c1-17(2,3)21-16(20)19-15-12-18-11-14(15)10-9-13-7-5-4-6-8-13/h4-10,14-15,18H,11-12H2,1-3H3,(H,19,20)/t14-,15-/m0/s1. The fraction of sp³-hybridized carbons (Fsp3) is 0.471. The largest absolute Gasteiger partial charge is 0.444 e. The number of benzene rings is 1. The average molecular weight is 288 g/mol. The first kappa shape index (κ1) is 15.6. The van der Waals surface area contributed by atoms with E-state index >= 15 is 0 Å². The molecule has 2 N–H and O–H groups in total. The van der Waals surface area contributed by atoms with Gasteiger partial charge in [-0.2, -0.15) is 0 Å². The van der Waals surface area contributed by atoms with Gasteiger partial charge in [-0.15, -0.1) is 0 Å². The van der Waals surface area contributed by atoms with Gasteiger partial charge in [-0.3, -0.25) is 0 Å². The summed E-state index contributed by atoms with van der Waals surface area (Å²) in [7, 11) is 0. The monoisotopic (exact) mass is 288 g/mol. The minimum atomic E-state index is -0.467. The third kappa shape index (κ3) is 5.23. The van der Waals surface area contributed by atoms with E-state index in [1.807, 2.05) is 39.0 Å². The summed E-state index contributed by atoms with van der Waals surface area (Å²) in [6.07, 6.45) is 3.90. The number of rotatable bonds is 3. The third-order valence-electron chi connectivity index (χ3n) is 3.30. The molecule has 4 heteroatoms. The fourth-order valence-electron chi connectivity index (χ4n) is 2.32. The van der Waals surface area contributed by atoms with Gasteiger partial charge >= 0.3 is 6.09 Å². The Balaban J connectivity index is 1.91. The average Bonchev–Trinajstić information content (AvgIpc) is 2.82. The molecule has 4 nitrogen and oxygen atoms in total. The topological polar surface area (TPSA) is 50.4 Å². The van der Waals surface area contributed by atoms with E-state index in [0.717, 1.165) is 13.1 Å². The van der Waals surface area contributed by atoms with E-state index in [4.69, 9.17) is 4.74 Å². The summed E-state index contributed by atoms with van der Waals surface area (Å²) in [5, 5.41) is 6.25. The molecule has 1 fully saturated rings. The second-order valence-electron chi connectivity index (χ2n) is 6.34. The van der Waals surface area contributed by atoms with E-state index in [-0.39, 0.29) is 18.1 Å². The second-order valence-corrected chi connectivity index (χ2v) is 6.34. The van der Waals surface area contributed by atoms with Crippen molar-refractivity contribution in [2.75, 3.05) is 13.1 Å². The molecular weight excluding hydrogens is 264 g/mol. The van der Waals surface area contributed by atoms with Crippen LogP contribution in [0.25, 0.3) is 6.08 Å². The number of nitrogens with one attached hydrogen (secondary N) is 2. The number of carbonyl (C=O) groups is 1. The molecule has 0 saturated carbocycles. The number of carbonyl (C=O) groups excluding carboxylic acids is 1. The summed E-state index contributed by atoms with van der Waals surface area (Å²) in [6, 6.07) is 10.2. The van der Waals surface area contributed by atoms with Crippen molar-refractivity contribution in [2.24, 2.45) is 5.92 Å². The van der Waals surface area contributed by atoms with Gasteiger partial charge in [0.25, 0.3) is 0 Å². The summed E-state index contributed by atoms with van der Waals surface area (Å²) in [6.45, 7) is 7.23. The minimum Gasteiger partial charge on any atom is -0.444 e.